The first-order valence-corrected chi connectivity index (χ1v) is 5.50. The smallest absolute Gasteiger partial charge is 0.125 e. The van der Waals surface area contributed by atoms with Gasteiger partial charge in [0.1, 0.15) is 5.82 Å². The predicted molar refractivity (Wildman–Crippen MR) is 64.6 cm³/mol. The van der Waals surface area contributed by atoms with E-state index in [0.717, 1.165) is 16.5 Å². The molecule has 0 bridgehead atoms. The van der Waals surface area contributed by atoms with E-state index in [1.165, 1.54) is 6.07 Å². The fourth-order valence-electron chi connectivity index (χ4n) is 2.01. The number of nitrogens with two attached hydrogens (primary N) is 1. The minimum Gasteiger partial charge on any atom is -0.350 e. The van der Waals surface area contributed by atoms with Crippen molar-refractivity contribution in [3.8, 4) is 0 Å². The van der Waals surface area contributed by atoms with Gasteiger partial charge in [-0.25, -0.2) is 4.39 Å². The third-order valence-electron chi connectivity index (χ3n) is 3.06. The average molecular weight is 220 g/mol. The number of fused-ring (bicyclic) bond motifs is 1. The highest BCUT2D eigenvalue weighted by Gasteiger charge is 2.16. The van der Waals surface area contributed by atoms with Gasteiger partial charge in [-0.1, -0.05) is 13.8 Å². The number of aromatic nitrogens is 1. The average Bonchev–Trinajstić information content (AvgIpc) is 2.55. The number of nitrogens with zero attached hydrogens (tertiary/aromatic N) is 1. The Bertz CT molecular complexity index is 514. The molecule has 0 saturated carbocycles. The fraction of sp³-hybridized carbons (Fsp3) is 0.385. The molecular formula is C13H17FN2. The molecule has 0 radical (unpaired) electrons. The van der Waals surface area contributed by atoms with Crippen LogP contribution in [0, 0.1) is 11.7 Å². The van der Waals surface area contributed by atoms with Crippen LogP contribution in [0.15, 0.2) is 24.4 Å². The van der Waals surface area contributed by atoms with Gasteiger partial charge in [0.25, 0.3) is 0 Å². The van der Waals surface area contributed by atoms with Gasteiger partial charge < -0.3 is 10.3 Å². The SMILES string of the molecule is CC(C)C(N)c1cn(C)c2cc(F)ccc12. The molecule has 1 atom stereocenters. The maximum absolute atomic E-state index is 13.1. The molecule has 1 aromatic carbocycles. The maximum atomic E-state index is 13.1. The highest BCUT2D eigenvalue weighted by Crippen LogP contribution is 2.28. The Morgan fingerprint density at radius 3 is 2.62 bits per heavy atom. The Morgan fingerprint density at radius 2 is 2.00 bits per heavy atom. The molecule has 0 aliphatic carbocycles. The van der Waals surface area contributed by atoms with Crippen molar-refractivity contribution in [1.29, 1.82) is 0 Å². The zero-order valence-electron chi connectivity index (χ0n) is 9.87. The molecule has 2 aromatic rings. The van der Waals surface area contributed by atoms with Crippen LogP contribution in [0.2, 0.25) is 0 Å². The standard InChI is InChI=1S/C13H17FN2/c1-8(2)13(15)11-7-16(3)12-6-9(14)4-5-10(11)12/h4-8,13H,15H2,1-3H3. The van der Waals surface area contributed by atoms with Gasteiger partial charge in [-0.3, -0.25) is 0 Å². The Morgan fingerprint density at radius 1 is 1.31 bits per heavy atom. The van der Waals surface area contributed by atoms with Crippen molar-refractivity contribution >= 4 is 10.9 Å². The summed E-state index contributed by atoms with van der Waals surface area (Å²) in [5, 5.41) is 1.05. The molecule has 0 aliphatic heterocycles. The molecule has 0 saturated heterocycles. The van der Waals surface area contributed by atoms with Gasteiger partial charge >= 0.3 is 0 Å². The summed E-state index contributed by atoms with van der Waals surface area (Å²) in [6, 6.07) is 4.83. The van der Waals surface area contributed by atoms with Gasteiger partial charge in [0.05, 0.1) is 5.52 Å². The third-order valence-corrected chi connectivity index (χ3v) is 3.06. The van der Waals surface area contributed by atoms with Gasteiger partial charge in [-0.15, -0.1) is 0 Å². The lowest BCUT2D eigenvalue weighted by atomic mass is 9.97. The van der Waals surface area contributed by atoms with E-state index in [-0.39, 0.29) is 11.9 Å². The summed E-state index contributed by atoms with van der Waals surface area (Å²) in [6.07, 6.45) is 1.99. The molecular weight excluding hydrogens is 203 g/mol. The fourth-order valence-corrected chi connectivity index (χ4v) is 2.01. The zero-order chi connectivity index (χ0) is 11.9. The van der Waals surface area contributed by atoms with Crippen molar-refractivity contribution in [2.75, 3.05) is 0 Å². The second kappa shape index (κ2) is 3.91. The van der Waals surface area contributed by atoms with E-state index in [1.807, 2.05) is 23.9 Å². The van der Waals surface area contributed by atoms with Gasteiger partial charge in [-0.2, -0.15) is 0 Å². The van der Waals surface area contributed by atoms with Crippen LogP contribution in [0.25, 0.3) is 10.9 Å². The summed E-state index contributed by atoms with van der Waals surface area (Å²) in [6.45, 7) is 4.18. The van der Waals surface area contributed by atoms with Crippen molar-refractivity contribution in [2.24, 2.45) is 18.7 Å². The quantitative estimate of drug-likeness (QED) is 0.828. The Labute approximate surface area is 94.9 Å². The summed E-state index contributed by atoms with van der Waals surface area (Å²) in [7, 11) is 1.92. The molecule has 1 aromatic heterocycles. The molecule has 3 heteroatoms. The van der Waals surface area contributed by atoms with Crippen molar-refractivity contribution in [1.82, 2.24) is 4.57 Å². The van der Waals surface area contributed by atoms with Gasteiger partial charge in [0.15, 0.2) is 0 Å². The molecule has 16 heavy (non-hydrogen) atoms. The van der Waals surface area contributed by atoms with Crippen molar-refractivity contribution in [2.45, 2.75) is 19.9 Å². The third kappa shape index (κ3) is 1.71. The minimum absolute atomic E-state index is 0.00541. The van der Waals surface area contributed by atoms with Gasteiger partial charge in [-0.05, 0) is 29.7 Å². The van der Waals surface area contributed by atoms with Crippen LogP contribution in [0.1, 0.15) is 25.5 Å². The van der Waals surface area contributed by atoms with Crippen molar-refractivity contribution in [3.63, 3.8) is 0 Å². The summed E-state index contributed by atoms with van der Waals surface area (Å²) in [5.74, 6) is 0.161. The number of aryl methyl sites for hydroxylation is 1. The molecule has 2 rings (SSSR count). The molecule has 0 spiro atoms. The predicted octanol–water partition coefficient (Wildman–Crippen LogP) is 2.97. The van der Waals surface area contributed by atoms with E-state index < -0.39 is 0 Å². The van der Waals surface area contributed by atoms with Crippen LogP contribution in [0.4, 0.5) is 4.39 Å². The molecule has 1 heterocycles. The summed E-state index contributed by atoms with van der Waals surface area (Å²) in [4.78, 5) is 0. The first kappa shape index (κ1) is 11.1. The number of halogens is 1. The van der Waals surface area contributed by atoms with E-state index in [1.54, 1.807) is 6.07 Å². The van der Waals surface area contributed by atoms with E-state index in [2.05, 4.69) is 13.8 Å². The topological polar surface area (TPSA) is 30.9 Å². The Hall–Kier alpha value is -1.35. The van der Waals surface area contributed by atoms with Crippen LogP contribution < -0.4 is 5.73 Å². The van der Waals surface area contributed by atoms with Crippen molar-refractivity contribution in [3.05, 3.63) is 35.8 Å². The highest BCUT2D eigenvalue weighted by molar-refractivity contribution is 5.84. The molecule has 0 aliphatic rings. The Balaban J connectivity index is 2.64. The van der Waals surface area contributed by atoms with Crippen LogP contribution in [0.3, 0.4) is 0 Å². The van der Waals surface area contributed by atoms with Crippen LogP contribution in [-0.4, -0.2) is 4.57 Å². The van der Waals surface area contributed by atoms with Crippen molar-refractivity contribution < 1.29 is 4.39 Å². The molecule has 2 N–H and O–H groups in total. The molecule has 0 amide bonds. The second-order valence-electron chi connectivity index (χ2n) is 4.63. The van der Waals surface area contributed by atoms with E-state index in [4.69, 9.17) is 5.73 Å². The Kier molecular flexibility index (Phi) is 2.72. The molecule has 0 fully saturated rings. The van der Waals surface area contributed by atoms with Gasteiger partial charge in [0, 0.05) is 24.7 Å². The maximum Gasteiger partial charge on any atom is 0.125 e. The number of rotatable bonds is 2. The first-order chi connectivity index (χ1) is 7.50. The minimum atomic E-state index is -0.210. The largest absolute Gasteiger partial charge is 0.350 e. The van der Waals surface area contributed by atoms with Crippen LogP contribution in [0.5, 0.6) is 0 Å². The highest BCUT2D eigenvalue weighted by atomic mass is 19.1. The molecule has 2 nitrogen and oxygen atoms in total. The van der Waals surface area contributed by atoms with E-state index in [9.17, 15) is 4.39 Å². The summed E-state index contributed by atoms with van der Waals surface area (Å²) < 4.78 is 15.1. The lowest BCUT2D eigenvalue weighted by Gasteiger charge is -2.14. The zero-order valence-corrected chi connectivity index (χ0v) is 9.87. The molecule has 86 valence electrons. The number of hydrogen-bond donors (Lipinski definition) is 1. The van der Waals surface area contributed by atoms with E-state index >= 15 is 0 Å². The number of hydrogen-bond acceptors (Lipinski definition) is 1. The lowest BCUT2D eigenvalue weighted by Crippen LogP contribution is -2.16. The normalized spacial score (nSPS) is 13.6. The van der Waals surface area contributed by atoms with Crippen LogP contribution in [-0.2, 0) is 7.05 Å². The lowest BCUT2D eigenvalue weighted by molar-refractivity contribution is 0.516. The first-order valence-electron chi connectivity index (χ1n) is 5.50. The van der Waals surface area contributed by atoms with Gasteiger partial charge in [0.2, 0.25) is 0 Å². The van der Waals surface area contributed by atoms with E-state index in [0.29, 0.717) is 5.92 Å². The van der Waals surface area contributed by atoms with Crippen LogP contribution >= 0.6 is 0 Å². The molecule has 1 unspecified atom stereocenters. The summed E-state index contributed by atoms with van der Waals surface area (Å²) in [5.41, 5.74) is 8.13. The number of benzene rings is 1. The second-order valence-corrected chi connectivity index (χ2v) is 4.63. The monoisotopic (exact) mass is 220 g/mol. The summed E-state index contributed by atoms with van der Waals surface area (Å²) >= 11 is 0.